The Morgan fingerprint density at radius 3 is 2.50 bits per heavy atom. The Kier molecular flexibility index (Phi) is 6.81. The van der Waals surface area contributed by atoms with Crippen LogP contribution in [0.15, 0.2) is 78.0 Å². The van der Waals surface area contributed by atoms with Crippen LogP contribution < -0.4 is 10.1 Å². The summed E-state index contributed by atoms with van der Waals surface area (Å²) in [6.45, 7) is 2.26. The first kappa shape index (κ1) is 21.5. The molecule has 156 valence electrons. The third kappa shape index (κ3) is 4.84. The Balaban J connectivity index is 1.94. The summed E-state index contributed by atoms with van der Waals surface area (Å²) in [5.74, 6) is -0.257. The van der Waals surface area contributed by atoms with Crippen molar-refractivity contribution >= 4 is 21.6 Å². The molecule has 30 heavy (non-hydrogen) atoms. The molecule has 0 unspecified atom stereocenters. The third-order valence-electron chi connectivity index (χ3n) is 4.52. The Labute approximate surface area is 176 Å². The maximum absolute atomic E-state index is 13.4. The zero-order valence-corrected chi connectivity index (χ0v) is 17.6. The maximum atomic E-state index is 13.4. The van der Waals surface area contributed by atoms with Crippen molar-refractivity contribution in [1.82, 2.24) is 9.29 Å². The summed E-state index contributed by atoms with van der Waals surface area (Å²) in [6.07, 6.45) is 3.11. The number of ether oxygens (including phenoxy) is 1. The molecule has 8 heteroatoms. The lowest BCUT2D eigenvalue weighted by Gasteiger charge is -2.22. The Hall–Kier alpha value is -3.23. The summed E-state index contributed by atoms with van der Waals surface area (Å²) < 4.78 is 33.4. The van der Waals surface area contributed by atoms with Crippen LogP contribution in [0.3, 0.4) is 0 Å². The first-order valence-electron chi connectivity index (χ1n) is 9.39. The minimum Gasteiger partial charge on any atom is -0.495 e. The van der Waals surface area contributed by atoms with Gasteiger partial charge in [0.05, 0.1) is 19.0 Å². The van der Waals surface area contributed by atoms with Crippen molar-refractivity contribution in [2.75, 3.05) is 19.0 Å². The van der Waals surface area contributed by atoms with E-state index in [1.54, 1.807) is 25.3 Å². The maximum Gasteiger partial charge on any atom is 0.255 e. The van der Waals surface area contributed by atoms with Gasteiger partial charge in [-0.3, -0.25) is 9.78 Å². The van der Waals surface area contributed by atoms with E-state index < -0.39 is 15.9 Å². The molecule has 1 aromatic heterocycles. The predicted molar refractivity (Wildman–Crippen MR) is 115 cm³/mol. The number of carbonyl (C=O) groups is 1. The number of amides is 1. The molecule has 0 aliphatic carbocycles. The average Bonchev–Trinajstić information content (AvgIpc) is 2.78. The number of nitrogens with zero attached hydrogens (tertiary/aromatic N) is 2. The SMILES string of the molecule is CCN(Cc1ccccc1)S(=O)(=O)c1cc(C(=O)Nc2cccnc2)ccc1OC. The summed E-state index contributed by atoms with van der Waals surface area (Å²) in [7, 11) is -2.50. The highest BCUT2D eigenvalue weighted by Gasteiger charge is 2.28. The van der Waals surface area contributed by atoms with Gasteiger partial charge in [-0.1, -0.05) is 37.3 Å². The Bertz CT molecular complexity index is 1100. The number of rotatable bonds is 8. The lowest BCUT2D eigenvalue weighted by atomic mass is 10.2. The largest absolute Gasteiger partial charge is 0.495 e. The number of anilines is 1. The molecule has 2 aromatic carbocycles. The van der Waals surface area contributed by atoms with Crippen molar-refractivity contribution in [2.45, 2.75) is 18.4 Å². The van der Waals surface area contributed by atoms with Crippen LogP contribution in [0.25, 0.3) is 0 Å². The minimum atomic E-state index is -3.90. The zero-order valence-electron chi connectivity index (χ0n) is 16.8. The average molecular weight is 426 g/mol. The smallest absolute Gasteiger partial charge is 0.255 e. The Morgan fingerprint density at radius 1 is 1.10 bits per heavy atom. The van der Waals surface area contributed by atoms with Gasteiger partial charge >= 0.3 is 0 Å². The molecular weight excluding hydrogens is 402 g/mol. The number of hydrogen-bond acceptors (Lipinski definition) is 5. The van der Waals surface area contributed by atoms with Gasteiger partial charge in [-0.05, 0) is 35.9 Å². The summed E-state index contributed by atoms with van der Waals surface area (Å²) in [5.41, 5.74) is 1.59. The summed E-state index contributed by atoms with van der Waals surface area (Å²) in [4.78, 5) is 16.5. The molecule has 0 spiro atoms. The number of pyridine rings is 1. The van der Waals surface area contributed by atoms with Crippen molar-refractivity contribution in [3.8, 4) is 5.75 Å². The van der Waals surface area contributed by atoms with Gasteiger partial charge < -0.3 is 10.1 Å². The number of methoxy groups -OCH3 is 1. The van der Waals surface area contributed by atoms with Crippen molar-refractivity contribution in [3.63, 3.8) is 0 Å². The van der Waals surface area contributed by atoms with Crippen molar-refractivity contribution in [1.29, 1.82) is 0 Å². The lowest BCUT2D eigenvalue weighted by molar-refractivity contribution is 0.102. The van der Waals surface area contributed by atoms with Gasteiger partial charge in [0, 0.05) is 24.8 Å². The first-order chi connectivity index (χ1) is 14.5. The summed E-state index contributed by atoms with van der Waals surface area (Å²) in [5, 5.41) is 2.71. The van der Waals surface area contributed by atoms with E-state index in [0.29, 0.717) is 5.69 Å². The summed E-state index contributed by atoms with van der Waals surface area (Å²) >= 11 is 0. The second-order valence-corrected chi connectivity index (χ2v) is 8.38. The van der Waals surface area contributed by atoms with Crippen LogP contribution in [0.4, 0.5) is 5.69 Å². The standard InChI is InChI=1S/C22H23N3O4S/c1-3-25(16-17-8-5-4-6-9-17)30(27,28)21-14-18(11-12-20(21)29-2)22(26)24-19-10-7-13-23-15-19/h4-15H,3,16H2,1-2H3,(H,24,26). The van der Waals surface area contributed by atoms with E-state index in [1.165, 1.54) is 35.8 Å². The van der Waals surface area contributed by atoms with Gasteiger partial charge in [-0.15, -0.1) is 0 Å². The topological polar surface area (TPSA) is 88.6 Å². The molecule has 3 rings (SSSR count). The highest BCUT2D eigenvalue weighted by Crippen LogP contribution is 2.29. The second kappa shape index (κ2) is 9.51. The number of aromatic nitrogens is 1. The van der Waals surface area contributed by atoms with Crippen LogP contribution in [-0.4, -0.2) is 37.3 Å². The van der Waals surface area contributed by atoms with Gasteiger partial charge in [-0.2, -0.15) is 4.31 Å². The van der Waals surface area contributed by atoms with E-state index in [-0.39, 0.29) is 29.3 Å². The van der Waals surface area contributed by atoms with Crippen LogP contribution in [0.2, 0.25) is 0 Å². The Morgan fingerprint density at radius 2 is 1.87 bits per heavy atom. The molecule has 0 bridgehead atoms. The summed E-state index contributed by atoms with van der Waals surface area (Å²) in [6, 6.07) is 17.1. The molecule has 3 aromatic rings. The predicted octanol–water partition coefficient (Wildman–Crippen LogP) is 3.55. The van der Waals surface area contributed by atoms with Crippen LogP contribution in [-0.2, 0) is 16.6 Å². The van der Waals surface area contributed by atoms with Crippen molar-refractivity contribution < 1.29 is 17.9 Å². The zero-order chi connectivity index (χ0) is 21.6. The number of nitrogens with one attached hydrogen (secondary N) is 1. The molecule has 0 fully saturated rings. The molecule has 0 aliphatic heterocycles. The van der Waals surface area contributed by atoms with Gasteiger partial charge in [0.25, 0.3) is 5.91 Å². The first-order valence-corrected chi connectivity index (χ1v) is 10.8. The number of carbonyl (C=O) groups excluding carboxylic acids is 1. The third-order valence-corrected chi connectivity index (χ3v) is 6.46. The van der Waals surface area contributed by atoms with Crippen molar-refractivity contribution in [2.24, 2.45) is 0 Å². The van der Waals surface area contributed by atoms with Crippen LogP contribution >= 0.6 is 0 Å². The van der Waals surface area contributed by atoms with Gasteiger partial charge in [0.15, 0.2) is 0 Å². The molecule has 0 saturated carbocycles. The van der Waals surface area contributed by atoms with Gasteiger partial charge in [-0.25, -0.2) is 8.42 Å². The fourth-order valence-electron chi connectivity index (χ4n) is 2.95. The van der Waals surface area contributed by atoms with E-state index in [0.717, 1.165) is 5.56 Å². The van der Waals surface area contributed by atoms with Gasteiger partial charge in [0.2, 0.25) is 10.0 Å². The molecule has 0 saturated heterocycles. The number of sulfonamides is 1. The minimum absolute atomic E-state index is 0.0541. The monoisotopic (exact) mass is 425 g/mol. The molecule has 0 radical (unpaired) electrons. The molecule has 0 atom stereocenters. The van der Waals surface area contributed by atoms with E-state index in [2.05, 4.69) is 10.3 Å². The molecule has 1 heterocycles. The molecule has 7 nitrogen and oxygen atoms in total. The lowest BCUT2D eigenvalue weighted by Crippen LogP contribution is -2.31. The fraction of sp³-hybridized carbons (Fsp3) is 0.182. The second-order valence-electron chi connectivity index (χ2n) is 6.48. The van der Waals surface area contributed by atoms with Crippen LogP contribution in [0, 0.1) is 0 Å². The molecule has 0 aliphatic rings. The molecular formula is C22H23N3O4S. The van der Waals surface area contributed by atoms with Crippen LogP contribution in [0.5, 0.6) is 5.75 Å². The van der Waals surface area contributed by atoms with Gasteiger partial charge in [0.1, 0.15) is 10.6 Å². The molecule has 1 amide bonds. The van der Waals surface area contributed by atoms with E-state index in [4.69, 9.17) is 4.74 Å². The fourth-order valence-corrected chi connectivity index (χ4v) is 4.57. The van der Waals surface area contributed by atoms with E-state index in [1.807, 2.05) is 30.3 Å². The number of hydrogen-bond donors (Lipinski definition) is 1. The van der Waals surface area contributed by atoms with E-state index in [9.17, 15) is 13.2 Å². The van der Waals surface area contributed by atoms with Crippen molar-refractivity contribution in [3.05, 3.63) is 84.2 Å². The highest BCUT2D eigenvalue weighted by molar-refractivity contribution is 7.89. The number of benzene rings is 2. The quantitative estimate of drug-likeness (QED) is 0.596. The highest BCUT2D eigenvalue weighted by atomic mass is 32.2. The van der Waals surface area contributed by atoms with E-state index >= 15 is 0 Å². The molecule has 1 N–H and O–H groups in total. The van der Waals surface area contributed by atoms with Crippen LogP contribution in [0.1, 0.15) is 22.8 Å². The normalized spacial score (nSPS) is 11.3.